The van der Waals surface area contributed by atoms with Crippen molar-refractivity contribution in [3.8, 4) is 11.5 Å². The van der Waals surface area contributed by atoms with E-state index in [1.54, 1.807) is 6.26 Å². The molecule has 1 aliphatic rings. The second kappa shape index (κ2) is 14.0. The largest absolute Gasteiger partial charge is 1.00 e. The molecule has 7 nitrogen and oxygen atoms in total. The molecule has 0 aliphatic carbocycles. The Morgan fingerprint density at radius 3 is 1.93 bits per heavy atom. The van der Waals surface area contributed by atoms with Crippen LogP contribution in [-0.4, -0.2) is 16.1 Å². The molecule has 0 saturated carbocycles. The fourth-order valence-corrected chi connectivity index (χ4v) is 5.58. The van der Waals surface area contributed by atoms with Crippen LogP contribution in [0.2, 0.25) is 0 Å². The van der Waals surface area contributed by atoms with Crippen molar-refractivity contribution in [2.24, 2.45) is 0 Å². The van der Waals surface area contributed by atoms with Crippen molar-refractivity contribution in [2.45, 2.75) is 77.4 Å². The number of benzene rings is 3. The molecule has 3 aromatic carbocycles. The molecule has 2 atom stereocenters. The minimum absolute atomic E-state index is 0. The van der Waals surface area contributed by atoms with Crippen LogP contribution in [0.15, 0.2) is 53.4 Å². The maximum absolute atomic E-state index is 11.7. The normalized spacial score (nSPS) is 16.3. The van der Waals surface area contributed by atoms with Crippen molar-refractivity contribution in [3.05, 3.63) is 87.5 Å². The number of hydrogen-bond donors (Lipinski definition) is 0. The summed E-state index contributed by atoms with van der Waals surface area (Å²) in [6, 6.07) is 16.8. The third-order valence-corrected chi connectivity index (χ3v) is 8.09. The van der Waals surface area contributed by atoms with E-state index in [0.29, 0.717) is 12.5 Å². The van der Waals surface area contributed by atoms with Crippen LogP contribution in [0, 0.1) is 20.8 Å². The first kappa shape index (κ1) is 35.2. The Balaban J connectivity index is 0.000000858. The van der Waals surface area contributed by atoms with Crippen LogP contribution in [0.1, 0.15) is 78.5 Å². The molecule has 0 bridgehead atoms. The minimum Gasteiger partial charge on any atom is -0.488 e. The maximum Gasteiger partial charge on any atom is 1.00 e. The summed E-state index contributed by atoms with van der Waals surface area (Å²) < 4.78 is 59.2. The van der Waals surface area contributed by atoms with E-state index in [2.05, 4.69) is 72.7 Å². The van der Waals surface area contributed by atoms with E-state index < -0.39 is 30.9 Å². The zero-order chi connectivity index (χ0) is 29.3. The molecule has 0 saturated heterocycles. The van der Waals surface area contributed by atoms with Gasteiger partial charge in [0.2, 0.25) is 0 Å². The molecule has 0 aromatic heterocycles. The molecule has 0 spiro atoms. The first-order valence-electron chi connectivity index (χ1n) is 12.6. The first-order chi connectivity index (χ1) is 18.0. The second-order valence-electron chi connectivity index (χ2n) is 10.7. The number of rotatable bonds is 6. The van der Waals surface area contributed by atoms with Crippen molar-refractivity contribution in [1.82, 2.24) is 0 Å². The molecule has 1 aliphatic heterocycles. The van der Waals surface area contributed by atoms with Gasteiger partial charge in [-0.3, -0.25) is 18.0 Å². The Kier molecular flexibility index (Phi) is 12.3. The molecule has 10 heteroatoms. The van der Waals surface area contributed by atoms with E-state index in [0.717, 1.165) is 38.6 Å². The molecule has 2 unspecified atom stereocenters. The second-order valence-corrected chi connectivity index (χ2v) is 14.2. The predicted octanol–water partition coefficient (Wildman–Crippen LogP) is -3.39. The summed E-state index contributed by atoms with van der Waals surface area (Å²) in [4.78, 5) is 0.829. The van der Waals surface area contributed by atoms with Gasteiger partial charge in [-0.1, -0.05) is 50.2 Å². The third-order valence-electron chi connectivity index (χ3n) is 7.16. The molecule has 1 heterocycles. The molecular weight excluding hydrogens is 654 g/mol. The minimum atomic E-state index is -5.94. The van der Waals surface area contributed by atoms with Crippen LogP contribution in [0.25, 0.3) is 0 Å². The van der Waals surface area contributed by atoms with E-state index in [1.807, 2.05) is 24.3 Å². The summed E-state index contributed by atoms with van der Waals surface area (Å²) in [5.74, 6) is 2.57. The zero-order valence-electron chi connectivity index (χ0n) is 24.6. The van der Waals surface area contributed by atoms with Gasteiger partial charge >= 0.3 is 29.6 Å². The SMILES string of the molecule is Cc1c(C)c2c(c(C)c1OCc1ccc(S(C)=O)cc1)C(c1ccc(C(C)C)cc1)C(C)(C)O2.[Na+].[O-][I+3]([O-])([O-])[O-]. The van der Waals surface area contributed by atoms with Crippen LogP contribution in [0.4, 0.5) is 0 Å². The topological polar surface area (TPSA) is 128 Å². The van der Waals surface area contributed by atoms with Crippen molar-refractivity contribution >= 4 is 10.8 Å². The van der Waals surface area contributed by atoms with Crippen molar-refractivity contribution in [2.75, 3.05) is 6.26 Å². The van der Waals surface area contributed by atoms with Gasteiger partial charge in [0.1, 0.15) is 43.8 Å². The summed E-state index contributed by atoms with van der Waals surface area (Å²) in [6.45, 7) is 15.7. The molecule has 0 fully saturated rings. The van der Waals surface area contributed by atoms with Gasteiger partial charge in [-0.2, -0.15) is 0 Å². The van der Waals surface area contributed by atoms with Gasteiger partial charge in [0, 0.05) is 27.5 Å². The summed E-state index contributed by atoms with van der Waals surface area (Å²) in [5.41, 5.74) is 7.96. The fraction of sp³-hybridized carbons (Fsp3) is 0.400. The standard InChI is InChI=1S/C30H36O3S.IO4.Na/c1-18(2)23-11-13-24(14-12-23)27-26-21(5)28(19(3)20(4)29(26)33-30(27,6)7)32-17-22-9-15-25(16-10-22)34(8)31;2-1(3,4)5;/h9-16,18,27H,17H2,1-8H3;;/q;-1;+1. The van der Waals surface area contributed by atoms with Crippen LogP contribution in [0.3, 0.4) is 0 Å². The number of ether oxygens (including phenoxy) is 2. The molecule has 3 aromatic rings. The van der Waals surface area contributed by atoms with Gasteiger partial charge in [-0.25, -0.2) is 0 Å². The van der Waals surface area contributed by atoms with Gasteiger partial charge in [-0.15, -0.1) is 0 Å². The smallest absolute Gasteiger partial charge is 0.488 e. The summed E-state index contributed by atoms with van der Waals surface area (Å²) >= 11 is -5.94. The summed E-state index contributed by atoms with van der Waals surface area (Å²) in [5, 5.41) is 0. The Morgan fingerprint density at radius 2 is 1.45 bits per heavy atom. The van der Waals surface area contributed by atoms with Crippen molar-refractivity contribution in [3.63, 3.8) is 0 Å². The van der Waals surface area contributed by atoms with Gasteiger partial charge < -0.3 is 9.47 Å². The average Bonchev–Trinajstić information content (AvgIpc) is 3.13. The monoisotopic (exact) mass is 690 g/mol. The van der Waals surface area contributed by atoms with Crippen LogP contribution in [-0.2, 0) is 17.4 Å². The number of halogens is 1. The first-order valence-corrected chi connectivity index (χ1v) is 17.7. The van der Waals surface area contributed by atoms with Gasteiger partial charge in [0.25, 0.3) is 0 Å². The van der Waals surface area contributed by atoms with Crippen LogP contribution >= 0.6 is 0 Å². The van der Waals surface area contributed by atoms with E-state index in [-0.39, 0.29) is 41.1 Å². The molecular formula is C30H36INaO7S. The van der Waals surface area contributed by atoms with Gasteiger partial charge in [0.15, 0.2) is 0 Å². The van der Waals surface area contributed by atoms with Gasteiger partial charge in [0.05, 0.1) is 5.92 Å². The van der Waals surface area contributed by atoms with E-state index in [9.17, 15) is 4.21 Å². The van der Waals surface area contributed by atoms with Crippen LogP contribution in [0.5, 0.6) is 11.5 Å². The van der Waals surface area contributed by atoms with Crippen LogP contribution < -0.4 is 72.9 Å². The quantitative estimate of drug-likeness (QED) is 0.195. The molecule has 40 heavy (non-hydrogen) atoms. The maximum atomic E-state index is 11.7. The number of fused-ring (bicyclic) bond motifs is 1. The third kappa shape index (κ3) is 8.52. The summed E-state index contributed by atoms with van der Waals surface area (Å²) in [7, 11) is -0.976. The number of hydrogen-bond acceptors (Lipinski definition) is 7. The van der Waals surface area contributed by atoms with E-state index in [1.165, 1.54) is 16.7 Å². The predicted molar refractivity (Wildman–Crippen MR) is 141 cm³/mol. The Bertz CT molecular complexity index is 1330. The Morgan fingerprint density at radius 1 is 0.925 bits per heavy atom. The fourth-order valence-electron chi connectivity index (χ4n) is 5.06. The molecule has 0 radical (unpaired) electrons. The molecule has 0 N–H and O–H groups in total. The van der Waals surface area contributed by atoms with E-state index >= 15 is 0 Å². The average molecular weight is 691 g/mol. The van der Waals surface area contributed by atoms with Crippen molar-refractivity contribution < 1.29 is 77.1 Å². The molecule has 0 amide bonds. The van der Waals surface area contributed by atoms with Crippen molar-refractivity contribution in [1.29, 1.82) is 0 Å². The van der Waals surface area contributed by atoms with E-state index in [4.69, 9.17) is 23.2 Å². The Hall–Kier alpha value is -1.02. The molecule has 212 valence electrons. The zero-order valence-corrected chi connectivity index (χ0v) is 29.6. The summed E-state index contributed by atoms with van der Waals surface area (Å²) in [6.07, 6.45) is 1.70. The van der Waals surface area contributed by atoms with Gasteiger partial charge in [-0.05, 0) is 86.1 Å². The Labute approximate surface area is 268 Å². The molecule has 4 rings (SSSR count).